The number of aliphatic imine (C=N–C) groups is 1. The summed E-state index contributed by atoms with van der Waals surface area (Å²) in [6.45, 7) is 1.72. The van der Waals surface area contributed by atoms with Crippen LogP contribution in [0.5, 0.6) is 0 Å². The summed E-state index contributed by atoms with van der Waals surface area (Å²) in [4.78, 5) is 16.9. The minimum atomic E-state index is -0.924. The van der Waals surface area contributed by atoms with Gasteiger partial charge in [-0.15, -0.1) is 0 Å². The number of benzene rings is 2. The van der Waals surface area contributed by atoms with E-state index < -0.39 is 5.54 Å². The molecule has 21 heavy (non-hydrogen) atoms. The first-order valence-corrected chi connectivity index (χ1v) is 6.88. The highest BCUT2D eigenvalue weighted by molar-refractivity contribution is 6.34. The molecule has 3 heteroatoms. The first kappa shape index (κ1) is 12.1. The van der Waals surface area contributed by atoms with Crippen molar-refractivity contribution in [1.29, 1.82) is 0 Å². The molecule has 0 fully saturated rings. The molecule has 2 aromatic rings. The number of carbonyl (C=O) groups excluding carboxylic acids is 1. The van der Waals surface area contributed by atoms with Crippen LogP contribution in [0.2, 0.25) is 0 Å². The van der Waals surface area contributed by atoms with E-state index in [9.17, 15) is 4.79 Å². The summed E-state index contributed by atoms with van der Waals surface area (Å²) in [5.74, 6) is 0.136. The van der Waals surface area contributed by atoms with Crippen molar-refractivity contribution in [1.82, 2.24) is 0 Å². The lowest BCUT2D eigenvalue weighted by atomic mass is 10.0. The largest absolute Gasteiger partial charge is 0.410 e. The summed E-state index contributed by atoms with van der Waals surface area (Å²) in [5, 5.41) is 0. The lowest BCUT2D eigenvalue weighted by molar-refractivity contribution is -0.134. The van der Waals surface area contributed by atoms with Crippen molar-refractivity contribution >= 4 is 23.0 Å². The SMILES string of the molecule is CC1=NC2(C(=O)O1)C(c1ccccc1)=C2c1ccccc1. The Morgan fingerprint density at radius 3 is 1.71 bits per heavy atom. The van der Waals surface area contributed by atoms with Gasteiger partial charge in [0.05, 0.1) is 0 Å². The van der Waals surface area contributed by atoms with Gasteiger partial charge in [-0.1, -0.05) is 60.7 Å². The van der Waals surface area contributed by atoms with E-state index in [-0.39, 0.29) is 5.97 Å². The predicted molar refractivity (Wildman–Crippen MR) is 81.6 cm³/mol. The van der Waals surface area contributed by atoms with Gasteiger partial charge in [0.15, 0.2) is 5.90 Å². The van der Waals surface area contributed by atoms with Gasteiger partial charge < -0.3 is 4.74 Å². The van der Waals surface area contributed by atoms with E-state index in [0.29, 0.717) is 5.90 Å². The van der Waals surface area contributed by atoms with E-state index in [1.165, 1.54) is 0 Å². The van der Waals surface area contributed by atoms with Crippen LogP contribution in [0.4, 0.5) is 0 Å². The molecule has 0 atom stereocenters. The van der Waals surface area contributed by atoms with Crippen molar-refractivity contribution in [2.75, 3.05) is 0 Å². The molecule has 102 valence electrons. The monoisotopic (exact) mass is 275 g/mol. The minimum absolute atomic E-state index is 0.294. The van der Waals surface area contributed by atoms with Crippen molar-refractivity contribution < 1.29 is 9.53 Å². The number of nitrogens with zero attached hydrogens (tertiary/aromatic N) is 1. The summed E-state index contributed by atoms with van der Waals surface area (Å²) in [7, 11) is 0. The molecule has 0 aromatic heterocycles. The average molecular weight is 275 g/mol. The number of rotatable bonds is 2. The average Bonchev–Trinajstić information content (AvgIpc) is 3.08. The third kappa shape index (κ3) is 1.61. The Kier molecular flexibility index (Phi) is 2.39. The third-order valence-corrected chi connectivity index (χ3v) is 3.90. The van der Waals surface area contributed by atoms with E-state index in [4.69, 9.17) is 4.74 Å². The molecule has 1 spiro atoms. The summed E-state index contributed by atoms with van der Waals surface area (Å²) in [6, 6.07) is 19.8. The number of hydrogen-bond donors (Lipinski definition) is 0. The van der Waals surface area contributed by atoms with Crippen molar-refractivity contribution in [3.8, 4) is 0 Å². The van der Waals surface area contributed by atoms with Gasteiger partial charge in [0.1, 0.15) is 0 Å². The van der Waals surface area contributed by atoms with Gasteiger partial charge >= 0.3 is 5.97 Å². The lowest BCUT2D eigenvalue weighted by Crippen LogP contribution is -2.22. The molecule has 0 bridgehead atoms. The molecule has 1 aliphatic heterocycles. The molecule has 0 N–H and O–H groups in total. The molecule has 0 unspecified atom stereocenters. The molecular weight excluding hydrogens is 262 g/mol. The second-order valence-corrected chi connectivity index (χ2v) is 5.21. The van der Waals surface area contributed by atoms with Crippen LogP contribution in [-0.4, -0.2) is 17.4 Å². The molecule has 0 saturated heterocycles. The molecule has 4 rings (SSSR count). The fraction of sp³-hybridized carbons (Fsp3) is 0.111. The third-order valence-electron chi connectivity index (χ3n) is 3.90. The van der Waals surface area contributed by atoms with Gasteiger partial charge in [-0.25, -0.2) is 9.79 Å². The summed E-state index contributed by atoms with van der Waals surface area (Å²) < 4.78 is 5.21. The minimum Gasteiger partial charge on any atom is -0.410 e. The fourth-order valence-electron chi connectivity index (χ4n) is 3.02. The molecule has 0 amide bonds. The quantitative estimate of drug-likeness (QED) is 0.789. The molecule has 2 aliphatic rings. The van der Waals surface area contributed by atoms with E-state index in [0.717, 1.165) is 22.3 Å². The van der Waals surface area contributed by atoms with Crippen LogP contribution in [0.1, 0.15) is 18.1 Å². The summed E-state index contributed by atoms with van der Waals surface area (Å²) in [6.07, 6.45) is 0. The van der Waals surface area contributed by atoms with Gasteiger partial charge in [-0.05, 0) is 11.1 Å². The lowest BCUT2D eigenvalue weighted by Gasteiger charge is -2.05. The summed E-state index contributed by atoms with van der Waals surface area (Å²) >= 11 is 0. The first-order valence-electron chi connectivity index (χ1n) is 6.88. The molecule has 2 aromatic carbocycles. The Morgan fingerprint density at radius 1 is 0.857 bits per heavy atom. The zero-order valence-corrected chi connectivity index (χ0v) is 11.5. The highest BCUT2D eigenvalue weighted by Gasteiger charge is 2.64. The smallest absolute Gasteiger partial charge is 0.350 e. The Morgan fingerprint density at radius 2 is 1.33 bits per heavy atom. The highest BCUT2D eigenvalue weighted by Crippen LogP contribution is 2.61. The second kappa shape index (κ2) is 4.16. The maximum absolute atomic E-state index is 12.4. The molecule has 3 nitrogen and oxygen atoms in total. The standard InChI is InChI=1S/C18H13NO2/c1-12-19-18(17(20)21-12)15(13-8-4-2-5-9-13)16(18)14-10-6-3-7-11-14/h2-11H,1H3. The number of cyclic esters (lactones) is 1. The normalized spacial score (nSPS) is 18.7. The van der Waals surface area contributed by atoms with Crippen LogP contribution in [0, 0.1) is 0 Å². The van der Waals surface area contributed by atoms with E-state index in [2.05, 4.69) is 4.99 Å². The number of ether oxygens (including phenoxy) is 1. The Balaban J connectivity index is 1.91. The Hall–Kier alpha value is -2.68. The molecule has 0 radical (unpaired) electrons. The topological polar surface area (TPSA) is 38.7 Å². The van der Waals surface area contributed by atoms with Gasteiger partial charge in [0.25, 0.3) is 0 Å². The highest BCUT2D eigenvalue weighted by atomic mass is 16.6. The molecule has 0 saturated carbocycles. The fourth-order valence-corrected chi connectivity index (χ4v) is 3.02. The zero-order chi connectivity index (χ0) is 14.4. The van der Waals surface area contributed by atoms with Crippen molar-refractivity contribution in [3.05, 3.63) is 71.8 Å². The number of carbonyl (C=O) groups is 1. The van der Waals surface area contributed by atoms with Crippen LogP contribution in [0.25, 0.3) is 11.1 Å². The van der Waals surface area contributed by atoms with Crippen molar-refractivity contribution in [2.24, 2.45) is 4.99 Å². The van der Waals surface area contributed by atoms with E-state index in [1.54, 1.807) is 6.92 Å². The van der Waals surface area contributed by atoms with Gasteiger partial charge in [-0.3, -0.25) is 0 Å². The first-order chi connectivity index (χ1) is 10.2. The maximum Gasteiger partial charge on any atom is 0.350 e. The van der Waals surface area contributed by atoms with Gasteiger partial charge in [0.2, 0.25) is 5.54 Å². The van der Waals surface area contributed by atoms with E-state index >= 15 is 0 Å². The Labute approximate surface area is 122 Å². The number of esters is 1. The number of hydrogen-bond acceptors (Lipinski definition) is 3. The predicted octanol–water partition coefficient (Wildman–Crippen LogP) is 3.33. The van der Waals surface area contributed by atoms with Crippen LogP contribution in [-0.2, 0) is 9.53 Å². The van der Waals surface area contributed by atoms with E-state index in [1.807, 2.05) is 60.7 Å². The molecule has 1 heterocycles. The molecular formula is C18H13NO2. The van der Waals surface area contributed by atoms with Crippen molar-refractivity contribution in [2.45, 2.75) is 12.5 Å². The molecule has 1 aliphatic carbocycles. The van der Waals surface area contributed by atoms with Crippen molar-refractivity contribution in [3.63, 3.8) is 0 Å². The maximum atomic E-state index is 12.4. The zero-order valence-electron chi connectivity index (χ0n) is 11.5. The summed E-state index contributed by atoms with van der Waals surface area (Å²) in [5.41, 5.74) is 3.03. The second-order valence-electron chi connectivity index (χ2n) is 5.21. The van der Waals surface area contributed by atoms with Gasteiger partial charge in [0, 0.05) is 18.1 Å². The Bertz CT molecular complexity index is 739. The van der Waals surface area contributed by atoms with Crippen LogP contribution in [0.15, 0.2) is 65.7 Å². The van der Waals surface area contributed by atoms with Crippen LogP contribution < -0.4 is 0 Å². The van der Waals surface area contributed by atoms with Gasteiger partial charge in [-0.2, -0.15) is 0 Å². The van der Waals surface area contributed by atoms with Crippen LogP contribution >= 0.6 is 0 Å². The van der Waals surface area contributed by atoms with Crippen LogP contribution in [0.3, 0.4) is 0 Å².